The van der Waals surface area contributed by atoms with Gasteiger partial charge in [0, 0.05) is 26.4 Å². The van der Waals surface area contributed by atoms with Crippen molar-refractivity contribution in [1.82, 2.24) is 15.1 Å². The zero-order chi connectivity index (χ0) is 18.5. The molecule has 0 aromatic carbocycles. The molecule has 0 aromatic rings. The fourth-order valence-electron chi connectivity index (χ4n) is 2.46. The number of hydrogen-bond acceptors (Lipinski definition) is 4. The highest BCUT2D eigenvalue weighted by Gasteiger charge is 2.27. The molecule has 0 aromatic heterocycles. The first-order valence-electron chi connectivity index (χ1n) is 8.97. The molecule has 0 aliphatic heterocycles. The lowest BCUT2D eigenvalue weighted by Gasteiger charge is -2.27. The molecule has 0 spiro atoms. The Bertz CT molecular complexity index is 397. The number of carbonyl (C=O) groups is 3. The maximum atomic E-state index is 12.4. The number of likely N-dealkylation sites (N-methyl/N-ethyl adjacent to an activating group) is 1. The first-order valence-corrected chi connectivity index (χ1v) is 8.97. The maximum Gasteiger partial charge on any atom is 0.243 e. The molecule has 6 nitrogen and oxygen atoms in total. The SMILES string of the molecule is CCCCCCC(=O)N(C)[C@@H](CC(C)=O)C(=O)NCCCN(C)C. The Kier molecular flexibility index (Phi) is 12.2. The standard InChI is InChI=1S/C18H35N3O3/c1-6-7-8-9-11-17(23)21(5)16(14-15(2)22)18(24)19-12-10-13-20(3)4/h16H,6-14H2,1-5H3,(H,19,24)/t16-/m0/s1. The first kappa shape index (κ1) is 22.6. The van der Waals surface area contributed by atoms with Crippen LogP contribution < -0.4 is 5.32 Å². The van der Waals surface area contributed by atoms with Crippen molar-refractivity contribution in [2.24, 2.45) is 0 Å². The molecule has 1 atom stereocenters. The van der Waals surface area contributed by atoms with Gasteiger partial charge < -0.3 is 15.1 Å². The van der Waals surface area contributed by atoms with Gasteiger partial charge in [-0.1, -0.05) is 26.2 Å². The van der Waals surface area contributed by atoms with E-state index in [-0.39, 0.29) is 24.0 Å². The molecule has 0 saturated carbocycles. The minimum absolute atomic E-state index is 0.0662. The average Bonchev–Trinajstić information content (AvgIpc) is 2.51. The zero-order valence-corrected chi connectivity index (χ0v) is 16.1. The molecule has 6 heteroatoms. The summed E-state index contributed by atoms with van der Waals surface area (Å²) in [5.41, 5.74) is 0. The Morgan fingerprint density at radius 1 is 1.00 bits per heavy atom. The smallest absolute Gasteiger partial charge is 0.243 e. The number of nitrogens with one attached hydrogen (secondary N) is 1. The highest BCUT2D eigenvalue weighted by atomic mass is 16.2. The third-order valence-electron chi connectivity index (χ3n) is 3.97. The van der Waals surface area contributed by atoms with Crippen LogP contribution in [0, 0.1) is 0 Å². The lowest BCUT2D eigenvalue weighted by Crippen LogP contribution is -2.48. The molecule has 0 unspecified atom stereocenters. The van der Waals surface area contributed by atoms with Crippen molar-refractivity contribution in [3.8, 4) is 0 Å². The Balaban J connectivity index is 4.52. The van der Waals surface area contributed by atoms with Gasteiger partial charge in [0.05, 0.1) is 0 Å². The molecule has 140 valence electrons. The summed E-state index contributed by atoms with van der Waals surface area (Å²) in [6.45, 7) is 5.00. The van der Waals surface area contributed by atoms with Crippen molar-refractivity contribution in [2.45, 2.75) is 64.8 Å². The molecule has 2 amide bonds. The molecule has 0 radical (unpaired) electrons. The van der Waals surface area contributed by atoms with Gasteiger partial charge in [-0.05, 0) is 40.4 Å². The van der Waals surface area contributed by atoms with Crippen molar-refractivity contribution in [2.75, 3.05) is 34.2 Å². The summed E-state index contributed by atoms with van der Waals surface area (Å²) in [6, 6.07) is -0.708. The second kappa shape index (κ2) is 12.9. The number of rotatable bonds is 13. The topological polar surface area (TPSA) is 69.7 Å². The summed E-state index contributed by atoms with van der Waals surface area (Å²) >= 11 is 0. The second-order valence-corrected chi connectivity index (χ2v) is 6.69. The monoisotopic (exact) mass is 341 g/mol. The number of Topliss-reactive ketones (excluding diaryl/α,β-unsaturated/α-hetero) is 1. The number of ketones is 1. The summed E-state index contributed by atoms with van der Waals surface area (Å²) < 4.78 is 0. The fourth-order valence-corrected chi connectivity index (χ4v) is 2.46. The third-order valence-corrected chi connectivity index (χ3v) is 3.97. The predicted molar refractivity (Wildman–Crippen MR) is 96.8 cm³/mol. The van der Waals surface area contributed by atoms with Gasteiger partial charge >= 0.3 is 0 Å². The van der Waals surface area contributed by atoms with Gasteiger partial charge in [-0.15, -0.1) is 0 Å². The minimum atomic E-state index is -0.708. The highest BCUT2D eigenvalue weighted by Crippen LogP contribution is 2.09. The van der Waals surface area contributed by atoms with Gasteiger partial charge in [0.15, 0.2) is 0 Å². The normalized spacial score (nSPS) is 12.1. The van der Waals surface area contributed by atoms with Gasteiger partial charge in [0.2, 0.25) is 11.8 Å². The lowest BCUT2D eigenvalue weighted by atomic mass is 10.1. The van der Waals surface area contributed by atoms with E-state index in [1.54, 1.807) is 7.05 Å². The molecular formula is C18H35N3O3. The van der Waals surface area contributed by atoms with E-state index in [1.165, 1.54) is 11.8 Å². The minimum Gasteiger partial charge on any atom is -0.354 e. The number of unbranched alkanes of at least 4 members (excludes halogenated alkanes) is 3. The van der Waals surface area contributed by atoms with Gasteiger partial charge in [0.1, 0.15) is 11.8 Å². The van der Waals surface area contributed by atoms with Gasteiger partial charge in [-0.2, -0.15) is 0 Å². The summed E-state index contributed by atoms with van der Waals surface area (Å²) in [5.74, 6) is -0.400. The van der Waals surface area contributed by atoms with Crippen LogP contribution in [0.15, 0.2) is 0 Å². The van der Waals surface area contributed by atoms with E-state index in [1.807, 2.05) is 19.0 Å². The summed E-state index contributed by atoms with van der Waals surface area (Å²) in [5, 5.41) is 2.84. The van der Waals surface area contributed by atoms with Gasteiger partial charge in [-0.25, -0.2) is 0 Å². The molecule has 0 saturated heterocycles. The maximum absolute atomic E-state index is 12.4. The number of hydrogen-bond donors (Lipinski definition) is 1. The summed E-state index contributed by atoms with van der Waals surface area (Å²) in [7, 11) is 5.58. The highest BCUT2D eigenvalue weighted by molar-refractivity contribution is 5.91. The van der Waals surface area contributed by atoms with Crippen molar-refractivity contribution < 1.29 is 14.4 Å². The van der Waals surface area contributed by atoms with Gasteiger partial charge in [0.25, 0.3) is 0 Å². The Labute approximate surface area is 146 Å². The quantitative estimate of drug-likeness (QED) is 0.519. The van der Waals surface area contributed by atoms with E-state index in [4.69, 9.17) is 0 Å². The lowest BCUT2D eigenvalue weighted by molar-refractivity contribution is -0.140. The van der Waals surface area contributed by atoms with E-state index < -0.39 is 6.04 Å². The second-order valence-electron chi connectivity index (χ2n) is 6.69. The van der Waals surface area contributed by atoms with Crippen LogP contribution in [0.2, 0.25) is 0 Å². The van der Waals surface area contributed by atoms with Crippen LogP contribution in [0.1, 0.15) is 58.8 Å². The van der Waals surface area contributed by atoms with E-state index >= 15 is 0 Å². The van der Waals surface area contributed by atoms with Crippen molar-refractivity contribution in [3.05, 3.63) is 0 Å². The van der Waals surface area contributed by atoms with Crippen LogP contribution in [0.4, 0.5) is 0 Å². The Morgan fingerprint density at radius 3 is 2.21 bits per heavy atom. The molecule has 0 rings (SSSR count). The number of carbonyl (C=O) groups excluding carboxylic acids is 3. The fraction of sp³-hybridized carbons (Fsp3) is 0.833. The van der Waals surface area contributed by atoms with E-state index in [9.17, 15) is 14.4 Å². The number of amides is 2. The molecule has 0 fully saturated rings. The number of nitrogens with zero attached hydrogens (tertiary/aromatic N) is 2. The van der Waals surface area contributed by atoms with E-state index in [0.717, 1.165) is 38.6 Å². The molecule has 0 aliphatic carbocycles. The third kappa shape index (κ3) is 10.4. The Morgan fingerprint density at radius 2 is 1.67 bits per heavy atom. The van der Waals surface area contributed by atoms with Crippen LogP contribution in [0.25, 0.3) is 0 Å². The van der Waals surface area contributed by atoms with E-state index in [2.05, 4.69) is 12.2 Å². The zero-order valence-electron chi connectivity index (χ0n) is 16.1. The van der Waals surface area contributed by atoms with Crippen LogP contribution in [0.3, 0.4) is 0 Å². The molecular weight excluding hydrogens is 306 g/mol. The molecule has 1 N–H and O–H groups in total. The molecule has 0 aliphatic rings. The van der Waals surface area contributed by atoms with Crippen LogP contribution >= 0.6 is 0 Å². The van der Waals surface area contributed by atoms with Gasteiger partial charge in [-0.3, -0.25) is 14.4 Å². The predicted octanol–water partition coefficient (Wildman–Crippen LogP) is 1.83. The summed E-state index contributed by atoms with van der Waals surface area (Å²) in [6.07, 6.45) is 5.40. The summed E-state index contributed by atoms with van der Waals surface area (Å²) in [4.78, 5) is 39.6. The van der Waals surface area contributed by atoms with Crippen LogP contribution in [0.5, 0.6) is 0 Å². The van der Waals surface area contributed by atoms with Crippen LogP contribution in [-0.4, -0.2) is 67.7 Å². The molecule has 0 bridgehead atoms. The average molecular weight is 341 g/mol. The molecule has 24 heavy (non-hydrogen) atoms. The van der Waals surface area contributed by atoms with Crippen molar-refractivity contribution >= 4 is 17.6 Å². The van der Waals surface area contributed by atoms with Crippen molar-refractivity contribution in [3.63, 3.8) is 0 Å². The van der Waals surface area contributed by atoms with Crippen LogP contribution in [-0.2, 0) is 14.4 Å². The Hall–Kier alpha value is -1.43. The van der Waals surface area contributed by atoms with Crippen molar-refractivity contribution in [1.29, 1.82) is 0 Å². The largest absolute Gasteiger partial charge is 0.354 e. The molecule has 0 heterocycles. The van der Waals surface area contributed by atoms with E-state index in [0.29, 0.717) is 13.0 Å². The first-order chi connectivity index (χ1) is 11.3.